The van der Waals surface area contributed by atoms with Crippen LogP contribution in [0.4, 0.5) is 0 Å². The number of rotatable bonds is 1. The van der Waals surface area contributed by atoms with Crippen molar-refractivity contribution in [3.8, 4) is 0 Å². The zero-order chi connectivity index (χ0) is 13.6. The van der Waals surface area contributed by atoms with E-state index in [0.29, 0.717) is 18.1 Å². The Morgan fingerprint density at radius 1 is 1.05 bits per heavy atom. The first-order chi connectivity index (χ1) is 9.08. The van der Waals surface area contributed by atoms with Crippen LogP contribution in [-0.2, 0) is 6.42 Å². The highest BCUT2D eigenvalue weighted by atomic mass is 16.1. The number of carbonyl (C=O) groups is 1. The van der Waals surface area contributed by atoms with Crippen LogP contribution in [0.1, 0.15) is 59.7 Å². The molecule has 0 saturated carbocycles. The van der Waals surface area contributed by atoms with Gasteiger partial charge in [0.05, 0.1) is 0 Å². The molecule has 0 aliphatic heterocycles. The number of carbonyl (C=O) groups excluding carboxylic acids is 1. The highest BCUT2D eigenvalue weighted by Crippen LogP contribution is 2.33. The van der Waals surface area contributed by atoms with Gasteiger partial charge in [0.1, 0.15) is 0 Å². The van der Waals surface area contributed by atoms with Gasteiger partial charge in [-0.3, -0.25) is 4.79 Å². The molecule has 0 saturated heterocycles. The number of aryl methyl sites for hydroxylation is 2. The molecular formula is C18H20O. The van der Waals surface area contributed by atoms with Crippen LogP contribution in [0.3, 0.4) is 0 Å². The van der Waals surface area contributed by atoms with Crippen LogP contribution in [0.25, 0.3) is 10.8 Å². The Morgan fingerprint density at radius 3 is 2.58 bits per heavy atom. The molecule has 0 spiro atoms. The van der Waals surface area contributed by atoms with E-state index in [2.05, 4.69) is 45.0 Å². The summed E-state index contributed by atoms with van der Waals surface area (Å²) >= 11 is 0. The lowest BCUT2D eigenvalue weighted by Gasteiger charge is -2.19. The molecule has 0 fully saturated rings. The van der Waals surface area contributed by atoms with Crippen molar-refractivity contribution in [1.82, 2.24) is 0 Å². The Hall–Kier alpha value is -1.63. The van der Waals surface area contributed by atoms with Gasteiger partial charge in [-0.2, -0.15) is 0 Å². The molecule has 1 aliphatic rings. The first kappa shape index (κ1) is 12.4. The number of hydrogen-bond acceptors (Lipinski definition) is 1. The normalized spacial score (nSPS) is 15.1. The van der Waals surface area contributed by atoms with Gasteiger partial charge in [0.2, 0.25) is 0 Å². The first-order valence-electron chi connectivity index (χ1n) is 7.17. The minimum absolute atomic E-state index is 0.319. The molecule has 3 rings (SSSR count). The van der Waals surface area contributed by atoms with E-state index in [0.717, 1.165) is 18.4 Å². The Morgan fingerprint density at radius 2 is 1.84 bits per heavy atom. The predicted molar refractivity (Wildman–Crippen MR) is 80.0 cm³/mol. The molecule has 0 unspecified atom stereocenters. The number of Topliss-reactive ketones (excluding diaryl/α,β-unsaturated/α-hetero) is 1. The average molecular weight is 252 g/mol. The zero-order valence-corrected chi connectivity index (χ0v) is 11.9. The summed E-state index contributed by atoms with van der Waals surface area (Å²) in [5.41, 5.74) is 4.84. The van der Waals surface area contributed by atoms with E-state index in [4.69, 9.17) is 0 Å². The predicted octanol–water partition coefficient (Wildman–Crippen LogP) is 4.79. The third-order valence-corrected chi connectivity index (χ3v) is 4.28. The van der Waals surface area contributed by atoms with Crippen LogP contribution in [0, 0.1) is 6.92 Å². The van der Waals surface area contributed by atoms with Crippen LogP contribution in [0.5, 0.6) is 0 Å². The molecule has 19 heavy (non-hydrogen) atoms. The minimum atomic E-state index is 0.319. The van der Waals surface area contributed by atoms with Crippen molar-refractivity contribution in [3.05, 3.63) is 46.5 Å². The number of hydrogen-bond donors (Lipinski definition) is 0. The largest absolute Gasteiger partial charge is 0.294 e. The summed E-state index contributed by atoms with van der Waals surface area (Å²) in [4.78, 5) is 12.1. The summed E-state index contributed by atoms with van der Waals surface area (Å²) < 4.78 is 0. The number of fused-ring (bicyclic) bond motifs is 3. The third-order valence-electron chi connectivity index (χ3n) is 4.28. The maximum atomic E-state index is 12.1. The smallest absolute Gasteiger partial charge is 0.163 e. The van der Waals surface area contributed by atoms with E-state index in [1.165, 1.54) is 27.5 Å². The van der Waals surface area contributed by atoms with E-state index in [9.17, 15) is 4.79 Å². The van der Waals surface area contributed by atoms with E-state index < -0.39 is 0 Å². The van der Waals surface area contributed by atoms with E-state index >= 15 is 0 Å². The van der Waals surface area contributed by atoms with Crippen LogP contribution in [0.15, 0.2) is 24.3 Å². The second-order valence-corrected chi connectivity index (χ2v) is 5.96. The fourth-order valence-corrected chi connectivity index (χ4v) is 3.12. The molecule has 1 heteroatoms. The topological polar surface area (TPSA) is 17.1 Å². The molecule has 1 nitrogen and oxygen atoms in total. The van der Waals surface area contributed by atoms with Gasteiger partial charge < -0.3 is 0 Å². The number of ketones is 1. The fourth-order valence-electron chi connectivity index (χ4n) is 3.12. The van der Waals surface area contributed by atoms with Gasteiger partial charge >= 0.3 is 0 Å². The maximum Gasteiger partial charge on any atom is 0.163 e. The summed E-state index contributed by atoms with van der Waals surface area (Å²) in [5.74, 6) is 0.862. The molecule has 0 aromatic heterocycles. The number of benzene rings is 2. The van der Waals surface area contributed by atoms with Crippen LogP contribution < -0.4 is 0 Å². The monoisotopic (exact) mass is 252 g/mol. The molecule has 2 aromatic rings. The summed E-state index contributed by atoms with van der Waals surface area (Å²) in [5, 5.41) is 2.60. The third kappa shape index (κ3) is 1.98. The van der Waals surface area contributed by atoms with Gasteiger partial charge in [0.25, 0.3) is 0 Å². The fraction of sp³-hybridized carbons (Fsp3) is 0.389. The molecule has 0 atom stereocenters. The van der Waals surface area contributed by atoms with Crippen molar-refractivity contribution in [2.45, 2.75) is 46.0 Å². The molecule has 1 aliphatic carbocycles. The van der Waals surface area contributed by atoms with Gasteiger partial charge in [0, 0.05) is 12.0 Å². The zero-order valence-electron chi connectivity index (χ0n) is 11.9. The lowest BCUT2D eigenvalue weighted by atomic mass is 9.84. The minimum Gasteiger partial charge on any atom is -0.294 e. The SMILES string of the molecule is Cc1cc2c(c3ccc(C(C)C)cc13)CCCC2=O. The standard InChI is InChI=1S/C18H20O/c1-11(2)13-7-8-15-14-5-4-6-18(19)17(14)9-12(3)16(15)10-13/h7-11H,4-6H2,1-3H3. The van der Waals surface area contributed by atoms with Crippen molar-refractivity contribution in [1.29, 1.82) is 0 Å². The van der Waals surface area contributed by atoms with Crippen molar-refractivity contribution in [2.24, 2.45) is 0 Å². The molecule has 0 amide bonds. The Balaban J connectivity index is 2.32. The Labute approximate surface area is 114 Å². The first-order valence-corrected chi connectivity index (χ1v) is 7.17. The second-order valence-electron chi connectivity index (χ2n) is 5.96. The lowest BCUT2D eigenvalue weighted by Crippen LogP contribution is -2.11. The Bertz CT molecular complexity index is 665. The summed E-state index contributed by atoms with van der Waals surface area (Å²) in [7, 11) is 0. The van der Waals surface area contributed by atoms with Crippen molar-refractivity contribution >= 4 is 16.6 Å². The van der Waals surface area contributed by atoms with E-state index in [1.807, 2.05) is 0 Å². The van der Waals surface area contributed by atoms with E-state index in [1.54, 1.807) is 0 Å². The quantitative estimate of drug-likeness (QED) is 0.713. The molecule has 0 heterocycles. The van der Waals surface area contributed by atoms with Gasteiger partial charge in [-0.25, -0.2) is 0 Å². The molecule has 0 bridgehead atoms. The molecule has 0 N–H and O–H groups in total. The Kier molecular flexibility index (Phi) is 2.93. The summed E-state index contributed by atoms with van der Waals surface area (Å²) in [6.07, 6.45) is 2.75. The average Bonchev–Trinajstić information content (AvgIpc) is 2.40. The molecular weight excluding hydrogens is 232 g/mol. The molecule has 98 valence electrons. The second kappa shape index (κ2) is 4.48. The van der Waals surface area contributed by atoms with Gasteiger partial charge in [-0.05, 0) is 59.2 Å². The highest BCUT2D eigenvalue weighted by molar-refractivity contribution is 6.04. The highest BCUT2D eigenvalue weighted by Gasteiger charge is 2.20. The van der Waals surface area contributed by atoms with Crippen LogP contribution in [-0.4, -0.2) is 5.78 Å². The summed E-state index contributed by atoms with van der Waals surface area (Å²) in [6.45, 7) is 6.56. The van der Waals surface area contributed by atoms with E-state index in [-0.39, 0.29) is 0 Å². The maximum absolute atomic E-state index is 12.1. The summed E-state index contributed by atoms with van der Waals surface area (Å²) in [6, 6.07) is 8.83. The van der Waals surface area contributed by atoms with Crippen molar-refractivity contribution in [3.63, 3.8) is 0 Å². The van der Waals surface area contributed by atoms with Crippen LogP contribution in [0.2, 0.25) is 0 Å². The van der Waals surface area contributed by atoms with Crippen molar-refractivity contribution in [2.75, 3.05) is 0 Å². The van der Waals surface area contributed by atoms with Crippen molar-refractivity contribution < 1.29 is 4.79 Å². The molecule has 2 aromatic carbocycles. The van der Waals surface area contributed by atoms with Crippen LogP contribution >= 0.6 is 0 Å². The van der Waals surface area contributed by atoms with Gasteiger partial charge in [-0.15, -0.1) is 0 Å². The van der Waals surface area contributed by atoms with Gasteiger partial charge in [0.15, 0.2) is 5.78 Å². The molecule has 0 radical (unpaired) electrons. The lowest BCUT2D eigenvalue weighted by molar-refractivity contribution is 0.0973. The van der Waals surface area contributed by atoms with Gasteiger partial charge in [-0.1, -0.05) is 32.0 Å².